The average molecular weight is 240 g/mol. The lowest BCUT2D eigenvalue weighted by Crippen LogP contribution is -2.25. The van der Waals surface area contributed by atoms with E-state index in [-0.39, 0.29) is 5.69 Å². The summed E-state index contributed by atoms with van der Waals surface area (Å²) in [6, 6.07) is 3.10. The Morgan fingerprint density at radius 3 is 2.59 bits per heavy atom. The van der Waals surface area contributed by atoms with E-state index in [1.165, 1.54) is 26.0 Å². The molecule has 3 N–H and O–H groups in total. The van der Waals surface area contributed by atoms with Crippen molar-refractivity contribution >= 4 is 23.3 Å². The van der Waals surface area contributed by atoms with Crippen molar-refractivity contribution in [2.45, 2.75) is 19.9 Å². The zero-order valence-corrected chi connectivity index (χ0v) is 9.45. The van der Waals surface area contributed by atoms with Gasteiger partial charge in [-0.25, -0.2) is 4.39 Å². The highest BCUT2D eigenvalue weighted by atomic mass is 19.1. The molecule has 1 atom stereocenters. The molecular weight excluding hydrogens is 227 g/mol. The van der Waals surface area contributed by atoms with Gasteiger partial charge in [0.25, 0.3) is 0 Å². The molecule has 0 aliphatic carbocycles. The van der Waals surface area contributed by atoms with Crippen LogP contribution >= 0.6 is 0 Å². The first-order valence-corrected chi connectivity index (χ1v) is 4.96. The van der Waals surface area contributed by atoms with Gasteiger partial charge in [-0.05, 0) is 25.1 Å². The van der Waals surface area contributed by atoms with Crippen LogP contribution < -0.4 is 10.6 Å². The van der Waals surface area contributed by atoms with Gasteiger partial charge in [0.1, 0.15) is 11.9 Å². The van der Waals surface area contributed by atoms with E-state index in [2.05, 4.69) is 10.6 Å². The van der Waals surface area contributed by atoms with Crippen molar-refractivity contribution in [2.24, 2.45) is 0 Å². The molecule has 0 radical (unpaired) electrons. The third kappa shape index (κ3) is 3.75. The molecule has 1 amide bonds. The van der Waals surface area contributed by atoms with E-state index in [4.69, 9.17) is 5.11 Å². The van der Waals surface area contributed by atoms with Gasteiger partial charge in [0, 0.05) is 12.6 Å². The second kappa shape index (κ2) is 5.29. The summed E-state index contributed by atoms with van der Waals surface area (Å²) in [7, 11) is 0. The van der Waals surface area contributed by atoms with Gasteiger partial charge in [-0.2, -0.15) is 0 Å². The second-order valence-corrected chi connectivity index (χ2v) is 3.58. The Morgan fingerprint density at radius 2 is 2.06 bits per heavy atom. The number of rotatable bonds is 4. The Labute approximate surface area is 97.6 Å². The number of benzene rings is 1. The molecule has 1 aromatic carbocycles. The minimum atomic E-state index is -1.02. The summed E-state index contributed by atoms with van der Waals surface area (Å²) < 4.78 is 13.3. The number of anilines is 2. The SMILES string of the molecule is CC(=O)Nc1cc(NC(C)C(=O)O)ccc1F. The van der Waals surface area contributed by atoms with Gasteiger partial charge in [0.15, 0.2) is 0 Å². The van der Waals surface area contributed by atoms with E-state index < -0.39 is 23.7 Å². The first kappa shape index (κ1) is 13.0. The normalized spacial score (nSPS) is 11.7. The maximum absolute atomic E-state index is 13.3. The molecule has 1 rings (SSSR count). The number of aliphatic carboxylic acids is 1. The van der Waals surface area contributed by atoms with Crippen molar-refractivity contribution in [1.29, 1.82) is 0 Å². The molecule has 0 fully saturated rings. The smallest absolute Gasteiger partial charge is 0.325 e. The number of carbonyl (C=O) groups excluding carboxylic acids is 1. The highest BCUT2D eigenvalue weighted by Gasteiger charge is 2.11. The van der Waals surface area contributed by atoms with E-state index in [1.54, 1.807) is 0 Å². The highest BCUT2D eigenvalue weighted by Crippen LogP contribution is 2.20. The number of halogens is 1. The monoisotopic (exact) mass is 240 g/mol. The van der Waals surface area contributed by atoms with Gasteiger partial charge in [0.2, 0.25) is 5.91 Å². The van der Waals surface area contributed by atoms with E-state index in [1.807, 2.05) is 0 Å². The molecule has 0 bridgehead atoms. The fraction of sp³-hybridized carbons (Fsp3) is 0.273. The number of hydrogen-bond donors (Lipinski definition) is 3. The minimum Gasteiger partial charge on any atom is -0.480 e. The molecule has 0 spiro atoms. The van der Waals surface area contributed by atoms with Crippen molar-refractivity contribution in [1.82, 2.24) is 0 Å². The van der Waals surface area contributed by atoms with Crippen LogP contribution in [0.2, 0.25) is 0 Å². The molecule has 92 valence electrons. The molecule has 0 heterocycles. The molecule has 0 aliphatic rings. The van der Waals surface area contributed by atoms with Gasteiger partial charge >= 0.3 is 5.97 Å². The Bertz CT molecular complexity index is 448. The van der Waals surface area contributed by atoms with E-state index in [9.17, 15) is 14.0 Å². The molecule has 17 heavy (non-hydrogen) atoms. The van der Waals surface area contributed by atoms with Crippen molar-refractivity contribution in [3.05, 3.63) is 24.0 Å². The largest absolute Gasteiger partial charge is 0.480 e. The summed E-state index contributed by atoms with van der Waals surface area (Å²) in [6.07, 6.45) is 0. The summed E-state index contributed by atoms with van der Waals surface area (Å²) in [5.41, 5.74) is 0.435. The van der Waals surface area contributed by atoms with Gasteiger partial charge in [-0.3, -0.25) is 9.59 Å². The quantitative estimate of drug-likeness (QED) is 0.748. The lowest BCUT2D eigenvalue weighted by molar-refractivity contribution is -0.137. The minimum absolute atomic E-state index is 0.0140. The van der Waals surface area contributed by atoms with E-state index in [0.717, 1.165) is 6.07 Å². The number of amides is 1. The maximum Gasteiger partial charge on any atom is 0.325 e. The van der Waals surface area contributed by atoms with Crippen molar-refractivity contribution in [3.8, 4) is 0 Å². The van der Waals surface area contributed by atoms with Crippen LogP contribution in [0.5, 0.6) is 0 Å². The van der Waals surface area contributed by atoms with E-state index >= 15 is 0 Å². The van der Waals surface area contributed by atoms with Crippen LogP contribution in [0.15, 0.2) is 18.2 Å². The zero-order chi connectivity index (χ0) is 13.0. The number of hydrogen-bond acceptors (Lipinski definition) is 3. The molecule has 0 saturated heterocycles. The summed E-state index contributed by atoms with van der Waals surface area (Å²) in [5, 5.41) is 13.7. The number of carboxylic acid groups (broad SMARTS) is 1. The molecule has 1 unspecified atom stereocenters. The number of carbonyl (C=O) groups is 2. The molecular formula is C11H13FN2O3. The van der Waals surface area contributed by atoms with Gasteiger partial charge < -0.3 is 15.7 Å². The van der Waals surface area contributed by atoms with Crippen molar-refractivity contribution in [3.63, 3.8) is 0 Å². The Hall–Kier alpha value is -2.11. The maximum atomic E-state index is 13.3. The van der Waals surface area contributed by atoms with Gasteiger partial charge in [-0.15, -0.1) is 0 Å². The molecule has 1 aromatic rings. The first-order valence-electron chi connectivity index (χ1n) is 4.96. The predicted octanol–water partition coefficient (Wildman–Crippen LogP) is 1.67. The first-order chi connectivity index (χ1) is 7.90. The highest BCUT2D eigenvalue weighted by molar-refractivity contribution is 5.89. The summed E-state index contributed by atoms with van der Waals surface area (Å²) >= 11 is 0. The fourth-order valence-corrected chi connectivity index (χ4v) is 1.21. The number of carboxylic acids is 1. The summed E-state index contributed by atoms with van der Waals surface area (Å²) in [5.74, 6) is -1.99. The third-order valence-corrected chi connectivity index (χ3v) is 2.03. The van der Waals surface area contributed by atoms with Crippen LogP contribution in [-0.4, -0.2) is 23.0 Å². The van der Waals surface area contributed by atoms with Gasteiger partial charge in [-0.1, -0.05) is 0 Å². The van der Waals surface area contributed by atoms with Crippen molar-refractivity contribution in [2.75, 3.05) is 10.6 Å². The van der Waals surface area contributed by atoms with Crippen LogP contribution in [0.1, 0.15) is 13.8 Å². The zero-order valence-electron chi connectivity index (χ0n) is 9.45. The van der Waals surface area contributed by atoms with Gasteiger partial charge in [0.05, 0.1) is 5.69 Å². The molecule has 0 saturated carbocycles. The molecule has 5 nitrogen and oxygen atoms in total. The van der Waals surface area contributed by atoms with Crippen LogP contribution in [0.25, 0.3) is 0 Å². The topological polar surface area (TPSA) is 78.4 Å². The van der Waals surface area contributed by atoms with E-state index in [0.29, 0.717) is 5.69 Å². The van der Waals surface area contributed by atoms with Crippen LogP contribution in [0.4, 0.5) is 15.8 Å². The molecule has 0 aliphatic heterocycles. The Balaban J connectivity index is 2.88. The average Bonchev–Trinajstić information content (AvgIpc) is 2.22. The number of nitrogens with one attached hydrogen (secondary N) is 2. The lowest BCUT2D eigenvalue weighted by Gasteiger charge is -2.12. The second-order valence-electron chi connectivity index (χ2n) is 3.58. The van der Waals surface area contributed by atoms with Crippen LogP contribution in [-0.2, 0) is 9.59 Å². The Morgan fingerprint density at radius 1 is 1.41 bits per heavy atom. The predicted molar refractivity (Wildman–Crippen MR) is 61.4 cm³/mol. The Kier molecular flexibility index (Phi) is 4.03. The standard InChI is InChI=1S/C11H13FN2O3/c1-6(11(16)17)13-8-3-4-9(12)10(5-8)14-7(2)15/h3-6,13H,1-2H3,(H,14,15)(H,16,17). The van der Waals surface area contributed by atoms with Crippen LogP contribution in [0, 0.1) is 5.82 Å². The van der Waals surface area contributed by atoms with Crippen molar-refractivity contribution < 1.29 is 19.1 Å². The fourth-order valence-electron chi connectivity index (χ4n) is 1.21. The summed E-state index contributed by atoms with van der Waals surface area (Å²) in [6.45, 7) is 2.73. The lowest BCUT2D eigenvalue weighted by atomic mass is 10.2. The molecule has 6 heteroatoms. The summed E-state index contributed by atoms with van der Waals surface area (Å²) in [4.78, 5) is 21.4. The third-order valence-electron chi connectivity index (χ3n) is 2.03. The molecule has 0 aromatic heterocycles. The van der Waals surface area contributed by atoms with Crippen LogP contribution in [0.3, 0.4) is 0 Å².